The number of alkyl halides is 1. The average molecular weight is 903 g/mol. The van der Waals surface area contributed by atoms with Gasteiger partial charge in [0.1, 0.15) is 0 Å². The van der Waals surface area contributed by atoms with Gasteiger partial charge in [-0.2, -0.15) is 9.97 Å². The van der Waals surface area contributed by atoms with Crippen LogP contribution in [0.15, 0.2) is 67.7 Å². The number of aromatic amines is 1. The first-order chi connectivity index (χ1) is 26.4. The van der Waals surface area contributed by atoms with Gasteiger partial charge in [-0.15, -0.1) is 0 Å². The fourth-order valence-corrected chi connectivity index (χ4v) is 6.20. The summed E-state index contributed by atoms with van der Waals surface area (Å²) in [4.78, 5) is 61.3. The van der Waals surface area contributed by atoms with Crippen molar-refractivity contribution in [1.29, 1.82) is 0 Å². The van der Waals surface area contributed by atoms with Crippen molar-refractivity contribution in [2.24, 2.45) is 0 Å². The lowest BCUT2D eigenvalue weighted by Crippen LogP contribution is -2.41. The van der Waals surface area contributed by atoms with Gasteiger partial charge in [0.15, 0.2) is 22.3 Å². The SMILES string of the molecule is CCCBr.CCCn1c(=O)n(CCCO)c(=O)c2c1nc(Cl)n2Cc1ccc(Cl)cc1.O=c1[nH]c2nc(Cl)n(Cc3ccc(Cl)cc3)c2c(=O)n1CCCO. The molecule has 3 N–H and O–H groups in total. The zero-order valence-corrected chi connectivity index (χ0v) is 34.8. The molecule has 2 aromatic carbocycles. The number of hydrogen-bond donors (Lipinski definition) is 3. The van der Waals surface area contributed by atoms with Crippen molar-refractivity contribution >= 4 is 84.7 Å². The van der Waals surface area contributed by atoms with Crippen LogP contribution in [-0.2, 0) is 32.7 Å². The zero-order chi connectivity index (χ0) is 40.2. The molecular weight excluding hydrogens is 862 g/mol. The van der Waals surface area contributed by atoms with E-state index in [0.29, 0.717) is 48.9 Å². The molecule has 296 valence electrons. The summed E-state index contributed by atoms with van der Waals surface area (Å²) >= 11 is 27.5. The van der Waals surface area contributed by atoms with E-state index in [1.807, 2.05) is 31.2 Å². The summed E-state index contributed by atoms with van der Waals surface area (Å²) in [6, 6.07) is 14.3. The van der Waals surface area contributed by atoms with Gasteiger partial charge in [0.2, 0.25) is 10.6 Å². The number of aromatic nitrogens is 8. The van der Waals surface area contributed by atoms with Crippen LogP contribution in [-0.4, -0.2) is 66.5 Å². The van der Waals surface area contributed by atoms with E-state index in [9.17, 15) is 19.2 Å². The van der Waals surface area contributed by atoms with Crippen LogP contribution in [0.1, 0.15) is 50.7 Å². The van der Waals surface area contributed by atoms with Gasteiger partial charge in [0.05, 0.1) is 13.1 Å². The second-order valence-corrected chi connectivity index (χ2v) is 14.5. The lowest BCUT2D eigenvalue weighted by atomic mass is 10.2. The Morgan fingerprint density at radius 3 is 1.60 bits per heavy atom. The Balaban J connectivity index is 0.000000224. The second-order valence-electron chi connectivity index (χ2n) is 12.2. The van der Waals surface area contributed by atoms with Crippen molar-refractivity contribution in [2.45, 2.75) is 72.3 Å². The maximum Gasteiger partial charge on any atom is 0.332 e. The van der Waals surface area contributed by atoms with E-state index in [1.165, 1.54) is 15.6 Å². The molecule has 0 unspecified atom stereocenters. The predicted octanol–water partition coefficient (Wildman–Crippen LogP) is 5.92. The molecule has 0 radical (unpaired) electrons. The number of benzene rings is 2. The summed E-state index contributed by atoms with van der Waals surface area (Å²) in [6.07, 6.45) is 2.55. The maximum absolute atomic E-state index is 13.0. The Morgan fingerprint density at radius 1 is 0.636 bits per heavy atom. The number of imidazole rings is 2. The minimum Gasteiger partial charge on any atom is -0.396 e. The molecule has 19 heteroatoms. The molecule has 0 fully saturated rings. The highest BCUT2D eigenvalue weighted by Crippen LogP contribution is 2.20. The first kappa shape index (κ1) is 44.0. The number of halogens is 5. The van der Waals surface area contributed by atoms with E-state index in [-0.39, 0.29) is 59.2 Å². The highest BCUT2D eigenvalue weighted by atomic mass is 79.9. The van der Waals surface area contributed by atoms with Gasteiger partial charge >= 0.3 is 11.4 Å². The Kier molecular flexibility index (Phi) is 16.8. The monoisotopic (exact) mass is 900 g/mol. The number of nitrogens with zero attached hydrogens (tertiary/aromatic N) is 7. The van der Waals surface area contributed by atoms with Crippen LogP contribution in [0.4, 0.5) is 0 Å². The van der Waals surface area contributed by atoms with Gasteiger partial charge in [-0.3, -0.25) is 28.3 Å². The maximum atomic E-state index is 13.0. The molecule has 0 saturated carbocycles. The van der Waals surface area contributed by atoms with Gasteiger partial charge in [0, 0.05) is 48.2 Å². The fraction of sp³-hybridized carbons (Fsp3) is 0.389. The lowest BCUT2D eigenvalue weighted by Gasteiger charge is -2.12. The smallest absolute Gasteiger partial charge is 0.332 e. The molecule has 0 amide bonds. The number of fused-ring (bicyclic) bond motifs is 2. The molecule has 14 nitrogen and oxygen atoms in total. The molecule has 0 atom stereocenters. The molecule has 55 heavy (non-hydrogen) atoms. The number of aliphatic hydroxyl groups excluding tert-OH is 2. The highest BCUT2D eigenvalue weighted by Gasteiger charge is 2.21. The summed E-state index contributed by atoms with van der Waals surface area (Å²) < 4.78 is 6.79. The third-order valence-electron chi connectivity index (χ3n) is 8.13. The molecule has 0 aliphatic heterocycles. The van der Waals surface area contributed by atoms with Gasteiger partial charge in [-0.1, -0.05) is 77.2 Å². The summed E-state index contributed by atoms with van der Waals surface area (Å²) in [5.74, 6) is 0. The van der Waals surface area contributed by atoms with Crippen molar-refractivity contribution in [2.75, 3.05) is 18.5 Å². The van der Waals surface area contributed by atoms with E-state index in [2.05, 4.69) is 37.8 Å². The Bertz CT molecular complexity index is 2440. The third-order valence-corrected chi connectivity index (χ3v) is 10.0. The van der Waals surface area contributed by atoms with Crippen LogP contribution in [0.3, 0.4) is 0 Å². The number of hydrogen-bond acceptors (Lipinski definition) is 8. The van der Waals surface area contributed by atoms with Gasteiger partial charge in [0.25, 0.3) is 11.1 Å². The molecule has 0 spiro atoms. The Labute approximate surface area is 343 Å². The molecule has 0 aliphatic carbocycles. The van der Waals surface area contributed by atoms with Crippen LogP contribution in [0.25, 0.3) is 22.3 Å². The molecule has 6 rings (SSSR count). The van der Waals surface area contributed by atoms with Crippen LogP contribution >= 0.6 is 62.3 Å². The van der Waals surface area contributed by atoms with Gasteiger partial charge in [-0.25, -0.2) is 9.59 Å². The third kappa shape index (κ3) is 10.8. The number of nitrogens with one attached hydrogen (secondary N) is 1. The highest BCUT2D eigenvalue weighted by molar-refractivity contribution is 9.09. The van der Waals surface area contributed by atoms with Gasteiger partial charge in [-0.05, 0) is 84.3 Å². The van der Waals surface area contributed by atoms with Crippen molar-refractivity contribution in [3.8, 4) is 0 Å². The quantitative estimate of drug-likeness (QED) is 0.0946. The molecule has 0 aliphatic rings. The van der Waals surface area contributed by atoms with Crippen molar-refractivity contribution in [1.82, 2.24) is 37.8 Å². The van der Waals surface area contributed by atoms with Crippen LogP contribution < -0.4 is 22.5 Å². The predicted molar refractivity (Wildman–Crippen MR) is 222 cm³/mol. The fourth-order valence-electron chi connectivity index (χ4n) is 5.50. The van der Waals surface area contributed by atoms with E-state index in [0.717, 1.165) is 25.6 Å². The molecule has 4 heterocycles. The normalized spacial score (nSPS) is 11.1. The largest absolute Gasteiger partial charge is 0.396 e. The Morgan fingerprint density at radius 2 is 1.11 bits per heavy atom. The zero-order valence-electron chi connectivity index (χ0n) is 30.2. The minimum atomic E-state index is -0.575. The van der Waals surface area contributed by atoms with Crippen molar-refractivity contribution in [3.05, 3.63) is 122 Å². The molecule has 6 aromatic rings. The second kappa shape index (κ2) is 21.0. The topological polar surface area (TPSA) is 175 Å². The van der Waals surface area contributed by atoms with Gasteiger partial charge < -0.3 is 19.3 Å². The summed E-state index contributed by atoms with van der Waals surface area (Å²) in [6.45, 7) is 5.16. The van der Waals surface area contributed by atoms with Crippen molar-refractivity contribution in [3.63, 3.8) is 0 Å². The first-order valence-corrected chi connectivity index (χ1v) is 20.1. The standard InChI is InChI=1S/C18H20Cl2N4O3.C15H14Cl2N4O3.C3H7Br/c1-2-8-22-15-14(16(26)23(18(22)27)9-3-10-25)24(17(20)21-15)11-12-4-6-13(19)7-5-12;16-10-4-2-9(3-5-10)8-21-11-12(18-14(21)17)19-15(24)20(13(11)23)6-1-7-22;1-2-3-4/h4-7,25H,2-3,8-11H2,1H3;2-5,22H,1,6-8H2,(H,19,24);2-3H2,1H3. The van der Waals surface area contributed by atoms with Crippen LogP contribution in [0.5, 0.6) is 0 Å². The number of aryl methyl sites for hydroxylation is 1. The minimum absolute atomic E-state index is 0.104. The van der Waals surface area contributed by atoms with E-state index in [4.69, 9.17) is 56.6 Å². The molecule has 0 saturated heterocycles. The van der Waals surface area contributed by atoms with Crippen LogP contribution in [0, 0.1) is 0 Å². The van der Waals surface area contributed by atoms with Crippen LogP contribution in [0.2, 0.25) is 20.6 Å². The summed E-state index contributed by atoms with van der Waals surface area (Å²) in [7, 11) is 0. The Hall–Kier alpha value is -3.70. The number of rotatable bonds is 13. The van der Waals surface area contributed by atoms with E-state index in [1.54, 1.807) is 28.8 Å². The van der Waals surface area contributed by atoms with Crippen molar-refractivity contribution < 1.29 is 10.2 Å². The number of aliphatic hydroxyl groups is 2. The molecule has 4 aromatic heterocycles. The number of H-pyrrole nitrogens is 1. The summed E-state index contributed by atoms with van der Waals surface area (Å²) in [5, 5.41) is 20.6. The average Bonchev–Trinajstić information content (AvgIpc) is 3.66. The molecular formula is C36H41BrCl4N8O6. The van der Waals surface area contributed by atoms with E-state index >= 15 is 0 Å². The summed E-state index contributed by atoms with van der Waals surface area (Å²) in [5.41, 5.74) is 0.746. The van der Waals surface area contributed by atoms with E-state index < -0.39 is 22.5 Å². The molecule has 0 bridgehead atoms. The first-order valence-electron chi connectivity index (χ1n) is 17.4. The lowest BCUT2D eigenvalue weighted by molar-refractivity contribution is 0.277.